The first kappa shape index (κ1) is 13.1. The molecule has 0 saturated heterocycles. The molecule has 2 N–H and O–H groups in total. The van der Waals surface area contributed by atoms with Crippen molar-refractivity contribution in [1.29, 1.82) is 0 Å². The second-order valence-corrected chi connectivity index (χ2v) is 5.20. The van der Waals surface area contributed by atoms with Gasteiger partial charge in [-0.1, -0.05) is 28.1 Å². The molecule has 0 saturated carbocycles. The lowest BCUT2D eigenvalue weighted by atomic mass is 10.2. The summed E-state index contributed by atoms with van der Waals surface area (Å²) < 4.78 is 7.00. The predicted octanol–water partition coefficient (Wildman–Crippen LogP) is 4.25. The Labute approximate surface area is 125 Å². The average Bonchev–Trinajstić information content (AvgIpc) is 2.48. The Hall–Kier alpha value is -1.91. The molecular formula is C16H13BrN2O. The molecule has 1 aromatic heterocycles. The zero-order valence-corrected chi connectivity index (χ0v) is 12.3. The van der Waals surface area contributed by atoms with E-state index in [1.54, 1.807) is 6.20 Å². The fourth-order valence-electron chi connectivity index (χ4n) is 2.12. The first-order valence-electron chi connectivity index (χ1n) is 6.28. The van der Waals surface area contributed by atoms with E-state index in [2.05, 4.69) is 20.9 Å². The number of ether oxygens (including phenoxy) is 1. The summed E-state index contributed by atoms with van der Waals surface area (Å²) in [5, 5.41) is 0.984. The first-order valence-corrected chi connectivity index (χ1v) is 7.08. The number of pyridine rings is 1. The number of aromatic nitrogens is 1. The number of hydrogen-bond donors (Lipinski definition) is 1. The van der Waals surface area contributed by atoms with Gasteiger partial charge in [0.2, 0.25) is 0 Å². The molecule has 0 aliphatic heterocycles. The van der Waals surface area contributed by atoms with Crippen LogP contribution < -0.4 is 10.5 Å². The van der Waals surface area contributed by atoms with Gasteiger partial charge in [-0.25, -0.2) is 0 Å². The van der Waals surface area contributed by atoms with E-state index in [0.717, 1.165) is 32.4 Å². The Morgan fingerprint density at radius 3 is 2.65 bits per heavy atom. The van der Waals surface area contributed by atoms with Crippen molar-refractivity contribution >= 4 is 26.8 Å². The molecule has 0 spiro atoms. The van der Waals surface area contributed by atoms with Crippen LogP contribution in [0.5, 0.6) is 11.5 Å². The van der Waals surface area contributed by atoms with Gasteiger partial charge >= 0.3 is 0 Å². The highest BCUT2D eigenvalue weighted by Crippen LogP contribution is 2.33. The van der Waals surface area contributed by atoms with Crippen LogP contribution in [-0.4, -0.2) is 4.98 Å². The van der Waals surface area contributed by atoms with Gasteiger partial charge in [0.25, 0.3) is 0 Å². The molecule has 3 aromatic rings. The number of hydrogen-bond acceptors (Lipinski definition) is 3. The quantitative estimate of drug-likeness (QED) is 0.781. The van der Waals surface area contributed by atoms with Crippen LogP contribution in [0.25, 0.3) is 10.9 Å². The standard InChI is InChI=1S/C16H13BrN2O/c17-13-5-1-7-16(12(13)10-18)20-15-8-2-6-14-11(15)4-3-9-19-14/h1-9H,10,18H2. The molecule has 0 radical (unpaired) electrons. The molecule has 4 heteroatoms. The first-order chi connectivity index (χ1) is 9.79. The molecule has 0 fully saturated rings. The van der Waals surface area contributed by atoms with Crippen molar-refractivity contribution in [2.24, 2.45) is 5.73 Å². The number of nitrogens with two attached hydrogens (primary N) is 1. The van der Waals surface area contributed by atoms with Crippen molar-refractivity contribution in [3.63, 3.8) is 0 Å². The SMILES string of the molecule is NCc1c(Br)cccc1Oc1cccc2ncccc12. The van der Waals surface area contributed by atoms with E-state index in [0.29, 0.717) is 6.54 Å². The molecule has 0 amide bonds. The molecule has 0 bridgehead atoms. The van der Waals surface area contributed by atoms with Gasteiger partial charge in [-0.3, -0.25) is 4.98 Å². The van der Waals surface area contributed by atoms with Crippen LogP contribution in [0.1, 0.15) is 5.56 Å². The molecule has 1 heterocycles. The predicted molar refractivity (Wildman–Crippen MR) is 83.9 cm³/mol. The van der Waals surface area contributed by atoms with E-state index in [-0.39, 0.29) is 0 Å². The topological polar surface area (TPSA) is 48.1 Å². The fourth-order valence-corrected chi connectivity index (χ4v) is 2.63. The Bertz CT molecular complexity index is 753. The van der Waals surface area contributed by atoms with Gasteiger partial charge in [-0.2, -0.15) is 0 Å². The lowest BCUT2D eigenvalue weighted by Crippen LogP contribution is -2.00. The van der Waals surface area contributed by atoms with Crippen LogP contribution >= 0.6 is 15.9 Å². The van der Waals surface area contributed by atoms with E-state index in [1.165, 1.54) is 0 Å². The Morgan fingerprint density at radius 1 is 1.00 bits per heavy atom. The third-order valence-electron chi connectivity index (χ3n) is 3.11. The van der Waals surface area contributed by atoms with E-state index >= 15 is 0 Å². The summed E-state index contributed by atoms with van der Waals surface area (Å²) in [6, 6.07) is 15.5. The Balaban J connectivity index is 2.08. The van der Waals surface area contributed by atoms with Gasteiger partial charge < -0.3 is 10.5 Å². The third kappa shape index (κ3) is 2.40. The molecule has 20 heavy (non-hydrogen) atoms. The smallest absolute Gasteiger partial charge is 0.136 e. The number of rotatable bonds is 3. The van der Waals surface area contributed by atoms with Gasteiger partial charge in [0.15, 0.2) is 0 Å². The molecule has 2 aromatic carbocycles. The van der Waals surface area contributed by atoms with Gasteiger partial charge in [-0.05, 0) is 36.4 Å². The van der Waals surface area contributed by atoms with E-state index in [9.17, 15) is 0 Å². The van der Waals surface area contributed by atoms with Crippen LogP contribution in [0, 0.1) is 0 Å². The molecular weight excluding hydrogens is 316 g/mol. The maximum absolute atomic E-state index is 6.04. The fraction of sp³-hybridized carbons (Fsp3) is 0.0625. The zero-order chi connectivity index (χ0) is 13.9. The summed E-state index contributed by atoms with van der Waals surface area (Å²) in [4.78, 5) is 4.33. The molecule has 0 atom stereocenters. The maximum atomic E-state index is 6.04. The summed E-state index contributed by atoms with van der Waals surface area (Å²) in [7, 11) is 0. The van der Waals surface area contributed by atoms with Crippen molar-refractivity contribution in [1.82, 2.24) is 4.98 Å². The largest absolute Gasteiger partial charge is 0.456 e. The minimum Gasteiger partial charge on any atom is -0.456 e. The molecule has 0 unspecified atom stereocenters. The molecule has 100 valence electrons. The molecule has 0 aliphatic rings. The highest BCUT2D eigenvalue weighted by molar-refractivity contribution is 9.10. The van der Waals surface area contributed by atoms with Crippen LogP contribution in [-0.2, 0) is 6.54 Å². The minimum atomic E-state index is 0.416. The number of benzene rings is 2. The van der Waals surface area contributed by atoms with Crippen LogP contribution in [0.2, 0.25) is 0 Å². The van der Waals surface area contributed by atoms with E-state index in [1.807, 2.05) is 48.5 Å². The van der Waals surface area contributed by atoms with E-state index in [4.69, 9.17) is 10.5 Å². The van der Waals surface area contributed by atoms with Crippen molar-refractivity contribution in [3.05, 3.63) is 64.8 Å². The van der Waals surface area contributed by atoms with Gasteiger partial charge in [0.1, 0.15) is 11.5 Å². The molecule has 3 nitrogen and oxygen atoms in total. The highest BCUT2D eigenvalue weighted by Gasteiger charge is 2.09. The maximum Gasteiger partial charge on any atom is 0.136 e. The summed E-state index contributed by atoms with van der Waals surface area (Å²) in [5.41, 5.74) is 7.66. The second kappa shape index (κ2) is 5.61. The summed E-state index contributed by atoms with van der Waals surface area (Å²) in [5.74, 6) is 1.54. The lowest BCUT2D eigenvalue weighted by Gasteiger charge is -2.13. The van der Waals surface area contributed by atoms with Crippen molar-refractivity contribution < 1.29 is 4.74 Å². The number of halogens is 1. The summed E-state index contributed by atoms with van der Waals surface area (Å²) >= 11 is 3.50. The van der Waals surface area contributed by atoms with Crippen LogP contribution in [0.15, 0.2) is 59.2 Å². The van der Waals surface area contributed by atoms with Crippen LogP contribution in [0.3, 0.4) is 0 Å². The lowest BCUT2D eigenvalue weighted by molar-refractivity contribution is 0.481. The normalized spacial score (nSPS) is 10.7. The van der Waals surface area contributed by atoms with Crippen molar-refractivity contribution in [3.8, 4) is 11.5 Å². The Morgan fingerprint density at radius 2 is 1.80 bits per heavy atom. The zero-order valence-electron chi connectivity index (χ0n) is 10.7. The minimum absolute atomic E-state index is 0.416. The monoisotopic (exact) mass is 328 g/mol. The number of fused-ring (bicyclic) bond motifs is 1. The molecule has 0 aliphatic carbocycles. The van der Waals surface area contributed by atoms with Gasteiger partial charge in [0, 0.05) is 28.2 Å². The van der Waals surface area contributed by atoms with Crippen molar-refractivity contribution in [2.75, 3.05) is 0 Å². The second-order valence-electron chi connectivity index (χ2n) is 4.35. The van der Waals surface area contributed by atoms with E-state index < -0.39 is 0 Å². The average molecular weight is 329 g/mol. The Kier molecular flexibility index (Phi) is 3.67. The highest BCUT2D eigenvalue weighted by atomic mass is 79.9. The summed E-state index contributed by atoms with van der Waals surface area (Å²) in [6.07, 6.45) is 1.77. The summed E-state index contributed by atoms with van der Waals surface area (Å²) in [6.45, 7) is 0.416. The third-order valence-corrected chi connectivity index (χ3v) is 3.85. The number of nitrogens with zero attached hydrogens (tertiary/aromatic N) is 1. The van der Waals surface area contributed by atoms with Gasteiger partial charge in [0.05, 0.1) is 5.52 Å². The van der Waals surface area contributed by atoms with Crippen molar-refractivity contribution in [2.45, 2.75) is 6.54 Å². The van der Waals surface area contributed by atoms with Gasteiger partial charge in [-0.15, -0.1) is 0 Å². The van der Waals surface area contributed by atoms with Crippen LogP contribution in [0.4, 0.5) is 0 Å². The molecule has 3 rings (SSSR count).